The van der Waals surface area contributed by atoms with E-state index in [-0.39, 0.29) is 11.2 Å². The van der Waals surface area contributed by atoms with Gasteiger partial charge in [0, 0.05) is 4.88 Å². The summed E-state index contributed by atoms with van der Waals surface area (Å²) in [6.07, 6.45) is 2.52. The molecule has 0 N–H and O–H groups in total. The van der Waals surface area contributed by atoms with Crippen LogP contribution < -0.4 is 0 Å². The van der Waals surface area contributed by atoms with Crippen LogP contribution in [0.4, 0.5) is 0 Å². The molecule has 1 aliphatic rings. The Hall–Kier alpha value is -2.44. The zero-order chi connectivity index (χ0) is 18.6. The molecular formula is C21H19N3OS2. The summed E-state index contributed by atoms with van der Waals surface area (Å²) in [5.41, 5.74) is 1.12. The van der Waals surface area contributed by atoms with E-state index in [4.69, 9.17) is 0 Å². The Bertz CT molecular complexity index is 1010. The molecule has 1 fully saturated rings. The van der Waals surface area contributed by atoms with Crippen LogP contribution in [0.5, 0.6) is 0 Å². The fraction of sp³-hybridized carbons (Fsp3) is 0.190. The SMILES string of the molecule is CCC1S/C(=N\N=C\c2cccs2)N(Cc2cccc3ccccc23)C1=O. The molecule has 6 heteroatoms. The highest BCUT2D eigenvalue weighted by atomic mass is 32.2. The number of carbonyl (C=O) groups is 1. The molecule has 136 valence electrons. The molecule has 4 rings (SSSR count). The van der Waals surface area contributed by atoms with Crippen LogP contribution in [0.2, 0.25) is 0 Å². The third-order valence-electron chi connectivity index (χ3n) is 4.47. The minimum atomic E-state index is -0.0873. The first-order chi connectivity index (χ1) is 13.3. The summed E-state index contributed by atoms with van der Waals surface area (Å²) >= 11 is 3.11. The van der Waals surface area contributed by atoms with Crippen molar-refractivity contribution in [2.75, 3.05) is 0 Å². The summed E-state index contributed by atoms with van der Waals surface area (Å²) in [4.78, 5) is 15.7. The monoisotopic (exact) mass is 393 g/mol. The minimum Gasteiger partial charge on any atom is -0.284 e. The highest BCUT2D eigenvalue weighted by Crippen LogP contribution is 2.32. The molecule has 1 atom stereocenters. The van der Waals surface area contributed by atoms with Crippen LogP contribution in [0.1, 0.15) is 23.8 Å². The van der Waals surface area contributed by atoms with Gasteiger partial charge in [-0.05, 0) is 34.2 Å². The normalized spacial score (nSPS) is 19.0. The first kappa shape index (κ1) is 17.9. The molecule has 1 saturated heterocycles. The highest BCUT2D eigenvalue weighted by Gasteiger charge is 2.37. The van der Waals surface area contributed by atoms with Crippen molar-refractivity contribution in [1.29, 1.82) is 0 Å². The zero-order valence-corrected chi connectivity index (χ0v) is 16.5. The molecule has 0 spiro atoms. The molecule has 4 nitrogen and oxygen atoms in total. The zero-order valence-electron chi connectivity index (χ0n) is 14.9. The summed E-state index contributed by atoms with van der Waals surface area (Å²) in [5.74, 6) is 0.112. The third-order valence-corrected chi connectivity index (χ3v) is 6.61. The highest BCUT2D eigenvalue weighted by molar-refractivity contribution is 8.15. The van der Waals surface area contributed by atoms with Gasteiger partial charge in [0.2, 0.25) is 5.91 Å². The lowest BCUT2D eigenvalue weighted by Gasteiger charge is -2.17. The van der Waals surface area contributed by atoms with E-state index in [2.05, 4.69) is 34.5 Å². The van der Waals surface area contributed by atoms with Crippen LogP contribution in [-0.2, 0) is 11.3 Å². The van der Waals surface area contributed by atoms with Gasteiger partial charge >= 0.3 is 0 Å². The number of amidine groups is 1. The maximum Gasteiger partial charge on any atom is 0.242 e. The quantitative estimate of drug-likeness (QED) is 0.445. The molecule has 1 aliphatic heterocycles. The van der Waals surface area contributed by atoms with Crippen molar-refractivity contribution in [3.05, 3.63) is 70.4 Å². The largest absolute Gasteiger partial charge is 0.284 e. The lowest BCUT2D eigenvalue weighted by Crippen LogP contribution is -2.31. The van der Waals surface area contributed by atoms with Crippen LogP contribution in [0, 0.1) is 0 Å². The average molecular weight is 394 g/mol. The van der Waals surface area contributed by atoms with Gasteiger partial charge in [-0.2, -0.15) is 5.10 Å². The molecule has 1 unspecified atom stereocenters. The summed E-state index contributed by atoms with van der Waals surface area (Å²) in [6.45, 7) is 2.54. The topological polar surface area (TPSA) is 45.0 Å². The molecular weight excluding hydrogens is 374 g/mol. The Labute approximate surface area is 166 Å². The molecule has 27 heavy (non-hydrogen) atoms. The van der Waals surface area contributed by atoms with Crippen molar-refractivity contribution >= 4 is 51.2 Å². The van der Waals surface area contributed by atoms with E-state index in [1.165, 1.54) is 22.5 Å². The van der Waals surface area contributed by atoms with Gasteiger partial charge in [-0.1, -0.05) is 67.2 Å². The second kappa shape index (κ2) is 8.06. The molecule has 2 heterocycles. The van der Waals surface area contributed by atoms with E-state index in [0.717, 1.165) is 16.9 Å². The summed E-state index contributed by atoms with van der Waals surface area (Å²) in [7, 11) is 0. The van der Waals surface area contributed by atoms with Gasteiger partial charge in [-0.15, -0.1) is 16.4 Å². The number of thioether (sulfide) groups is 1. The maximum absolute atomic E-state index is 12.9. The number of fused-ring (bicyclic) bond motifs is 1. The smallest absolute Gasteiger partial charge is 0.242 e. The predicted molar refractivity (Wildman–Crippen MR) is 116 cm³/mol. The Kier molecular flexibility index (Phi) is 5.36. The molecule has 0 aliphatic carbocycles. The molecule has 0 bridgehead atoms. The first-order valence-corrected chi connectivity index (χ1v) is 10.6. The van der Waals surface area contributed by atoms with Crippen molar-refractivity contribution in [3.63, 3.8) is 0 Å². The number of hydrogen-bond acceptors (Lipinski definition) is 5. The number of benzene rings is 2. The second-order valence-corrected chi connectivity index (χ2v) is 8.37. The predicted octanol–water partition coefficient (Wildman–Crippen LogP) is 5.15. The second-order valence-electron chi connectivity index (χ2n) is 6.22. The van der Waals surface area contributed by atoms with Crippen LogP contribution in [0.15, 0.2) is 70.2 Å². The summed E-state index contributed by atoms with van der Waals surface area (Å²) in [5, 5.41) is 13.5. The summed E-state index contributed by atoms with van der Waals surface area (Å²) in [6, 6.07) is 18.4. The van der Waals surface area contributed by atoms with Crippen LogP contribution in [0.25, 0.3) is 10.8 Å². The average Bonchev–Trinajstić information content (AvgIpc) is 3.31. The van der Waals surface area contributed by atoms with Crippen molar-refractivity contribution in [1.82, 2.24) is 4.90 Å². The van der Waals surface area contributed by atoms with Gasteiger partial charge in [0.05, 0.1) is 18.0 Å². The molecule has 0 saturated carbocycles. The van der Waals surface area contributed by atoms with Gasteiger partial charge in [0.1, 0.15) is 0 Å². The fourth-order valence-corrected chi connectivity index (χ4v) is 4.70. The van der Waals surface area contributed by atoms with Gasteiger partial charge in [0.25, 0.3) is 0 Å². The van der Waals surface area contributed by atoms with Crippen molar-refractivity contribution < 1.29 is 4.79 Å². The van der Waals surface area contributed by atoms with E-state index in [9.17, 15) is 4.79 Å². The molecule has 1 aromatic heterocycles. The fourth-order valence-electron chi connectivity index (χ4n) is 3.09. The van der Waals surface area contributed by atoms with E-state index >= 15 is 0 Å². The number of thiophene rings is 1. The number of rotatable bonds is 5. The Morgan fingerprint density at radius 3 is 2.78 bits per heavy atom. The minimum absolute atomic E-state index is 0.0873. The third kappa shape index (κ3) is 3.82. The maximum atomic E-state index is 12.9. The Balaban J connectivity index is 1.64. The van der Waals surface area contributed by atoms with Crippen molar-refractivity contribution in [3.8, 4) is 0 Å². The van der Waals surface area contributed by atoms with Gasteiger partial charge < -0.3 is 0 Å². The van der Waals surface area contributed by atoms with E-state index in [1.54, 1.807) is 22.5 Å². The Morgan fingerprint density at radius 1 is 1.11 bits per heavy atom. The van der Waals surface area contributed by atoms with Crippen molar-refractivity contribution in [2.45, 2.75) is 25.1 Å². The number of hydrogen-bond donors (Lipinski definition) is 0. The van der Waals surface area contributed by atoms with Gasteiger partial charge in [0.15, 0.2) is 5.17 Å². The number of nitrogens with zero attached hydrogens (tertiary/aromatic N) is 3. The Morgan fingerprint density at radius 2 is 1.96 bits per heavy atom. The van der Waals surface area contributed by atoms with Crippen LogP contribution >= 0.6 is 23.1 Å². The molecule has 0 radical (unpaired) electrons. The van der Waals surface area contributed by atoms with Gasteiger partial charge in [-0.25, -0.2) is 0 Å². The standard InChI is InChI=1S/C21H19N3OS2/c1-2-19-20(25)24(21(27-19)23-22-13-17-10-6-12-26-17)14-16-9-5-8-15-7-3-4-11-18(15)16/h3-13,19H,2,14H2,1H3/b22-13+,23-21-. The molecule has 3 aromatic rings. The number of carbonyl (C=O) groups excluding carboxylic acids is 1. The lowest BCUT2D eigenvalue weighted by atomic mass is 10.0. The van der Waals surface area contributed by atoms with E-state index in [1.807, 2.05) is 42.6 Å². The molecule has 1 amide bonds. The van der Waals surface area contributed by atoms with E-state index < -0.39 is 0 Å². The molecule has 2 aromatic carbocycles. The summed E-state index contributed by atoms with van der Waals surface area (Å²) < 4.78 is 0. The number of amides is 1. The van der Waals surface area contributed by atoms with E-state index in [0.29, 0.717) is 11.7 Å². The van der Waals surface area contributed by atoms with Crippen molar-refractivity contribution in [2.24, 2.45) is 10.2 Å². The van der Waals surface area contributed by atoms with Crippen LogP contribution in [-0.4, -0.2) is 27.4 Å². The lowest BCUT2D eigenvalue weighted by molar-refractivity contribution is -0.126. The van der Waals surface area contributed by atoms with Gasteiger partial charge in [-0.3, -0.25) is 9.69 Å². The first-order valence-electron chi connectivity index (χ1n) is 8.85. The van der Waals surface area contributed by atoms with Crippen LogP contribution in [0.3, 0.4) is 0 Å².